The van der Waals surface area contributed by atoms with Gasteiger partial charge in [-0.3, -0.25) is 0 Å². The third-order valence-corrected chi connectivity index (χ3v) is 6.19. The predicted octanol–water partition coefficient (Wildman–Crippen LogP) is 3.63. The zero-order chi connectivity index (χ0) is 15.9. The number of fused-ring (bicyclic) bond motifs is 3. The zero-order valence-corrected chi connectivity index (χ0v) is 14.0. The zero-order valence-electron chi connectivity index (χ0n) is 14.0. The monoisotopic (exact) mass is 323 g/mol. The molecule has 0 saturated heterocycles. The van der Waals surface area contributed by atoms with Gasteiger partial charge in [0.15, 0.2) is 0 Å². The first kappa shape index (κ1) is 14.5. The van der Waals surface area contributed by atoms with Crippen LogP contribution in [-0.2, 0) is 0 Å². The Morgan fingerprint density at radius 3 is 2.83 bits per heavy atom. The molecule has 24 heavy (non-hydrogen) atoms. The van der Waals surface area contributed by atoms with E-state index in [-0.39, 0.29) is 0 Å². The molecule has 0 unspecified atom stereocenters. The molecule has 2 aliphatic rings. The number of hydrogen-bond donors (Lipinski definition) is 2. The van der Waals surface area contributed by atoms with Crippen LogP contribution in [0.25, 0.3) is 16.6 Å². The maximum atomic E-state index is 4.55. The second-order valence-corrected chi connectivity index (χ2v) is 7.63. The van der Waals surface area contributed by atoms with Gasteiger partial charge in [0.2, 0.25) is 0 Å². The fraction of sp³-hybridized carbons (Fsp3) is 0.579. The van der Waals surface area contributed by atoms with Crippen molar-refractivity contribution >= 4 is 16.6 Å². The van der Waals surface area contributed by atoms with E-state index in [1.54, 1.807) is 0 Å². The summed E-state index contributed by atoms with van der Waals surface area (Å²) >= 11 is 0. The van der Waals surface area contributed by atoms with Crippen LogP contribution in [0.2, 0.25) is 0 Å². The van der Waals surface area contributed by atoms with Crippen LogP contribution in [0.3, 0.4) is 0 Å². The lowest BCUT2D eigenvalue weighted by Gasteiger charge is -2.32. The lowest BCUT2D eigenvalue weighted by atomic mass is 9.78. The summed E-state index contributed by atoms with van der Waals surface area (Å²) in [6.45, 7) is 1.22. The first-order valence-electron chi connectivity index (χ1n) is 9.41. The van der Waals surface area contributed by atoms with Crippen molar-refractivity contribution in [3.05, 3.63) is 30.4 Å². The number of aromatic amines is 1. The molecule has 5 heteroatoms. The maximum Gasteiger partial charge on any atom is 0.141 e. The van der Waals surface area contributed by atoms with Crippen LogP contribution >= 0.6 is 0 Å². The van der Waals surface area contributed by atoms with Gasteiger partial charge in [-0.2, -0.15) is 5.10 Å². The molecule has 126 valence electrons. The Labute approximate surface area is 141 Å². The Bertz CT molecular complexity index is 836. The molecule has 0 spiro atoms. The Morgan fingerprint density at radius 1 is 1.17 bits per heavy atom. The van der Waals surface area contributed by atoms with E-state index in [1.807, 2.05) is 17.0 Å². The van der Waals surface area contributed by atoms with E-state index in [0.29, 0.717) is 5.92 Å². The van der Waals surface area contributed by atoms with Crippen molar-refractivity contribution < 1.29 is 0 Å². The molecule has 2 aliphatic carbocycles. The molecule has 2 fully saturated rings. The normalized spacial score (nSPS) is 25.3. The summed E-state index contributed by atoms with van der Waals surface area (Å²) in [7, 11) is 0. The van der Waals surface area contributed by atoms with E-state index < -0.39 is 0 Å². The van der Waals surface area contributed by atoms with E-state index in [4.69, 9.17) is 0 Å². The molecule has 3 heterocycles. The van der Waals surface area contributed by atoms with Crippen molar-refractivity contribution in [3.63, 3.8) is 0 Å². The molecule has 0 amide bonds. The van der Waals surface area contributed by atoms with Crippen LogP contribution in [-0.4, -0.2) is 32.2 Å². The van der Waals surface area contributed by atoms with Gasteiger partial charge >= 0.3 is 0 Å². The maximum absolute atomic E-state index is 4.55. The first-order chi connectivity index (χ1) is 11.9. The minimum atomic E-state index is 0.642. The average molecular weight is 323 g/mol. The molecule has 5 nitrogen and oxygen atoms in total. The Kier molecular flexibility index (Phi) is 3.55. The topological polar surface area (TPSA) is 58.0 Å². The van der Waals surface area contributed by atoms with E-state index in [1.165, 1.54) is 68.0 Å². The highest BCUT2D eigenvalue weighted by Crippen LogP contribution is 2.38. The third kappa shape index (κ3) is 2.42. The standard InChI is InChI=1S/C19H25N5/c1-2-15(3-1)21-10-13-4-6-14(7-5-13)17-11-23-24-12-22-19-16(18(17)24)8-9-20-19/h8-9,11-15,20-21H,1-7,10H2. The highest BCUT2D eigenvalue weighted by Gasteiger charge is 2.26. The number of H-pyrrole nitrogens is 1. The van der Waals surface area contributed by atoms with E-state index in [9.17, 15) is 0 Å². The van der Waals surface area contributed by atoms with Crippen molar-refractivity contribution in [1.29, 1.82) is 0 Å². The summed E-state index contributed by atoms with van der Waals surface area (Å²) in [5.41, 5.74) is 3.62. The van der Waals surface area contributed by atoms with Crippen molar-refractivity contribution in [2.75, 3.05) is 6.54 Å². The minimum absolute atomic E-state index is 0.642. The summed E-state index contributed by atoms with van der Waals surface area (Å²) in [5, 5.41) is 9.50. The Balaban J connectivity index is 1.32. The van der Waals surface area contributed by atoms with Crippen LogP contribution in [0.1, 0.15) is 56.4 Å². The van der Waals surface area contributed by atoms with Gasteiger partial charge in [0.05, 0.1) is 11.7 Å². The molecular weight excluding hydrogens is 298 g/mol. The van der Waals surface area contributed by atoms with E-state index in [0.717, 1.165) is 17.6 Å². The molecule has 0 aliphatic heterocycles. The fourth-order valence-electron chi connectivity index (χ4n) is 4.43. The van der Waals surface area contributed by atoms with Crippen molar-refractivity contribution in [2.24, 2.45) is 5.92 Å². The number of nitrogens with one attached hydrogen (secondary N) is 2. The molecule has 3 aromatic rings. The minimum Gasteiger partial charge on any atom is -0.346 e. The van der Waals surface area contributed by atoms with Crippen molar-refractivity contribution in [2.45, 2.75) is 56.9 Å². The van der Waals surface area contributed by atoms with Gasteiger partial charge in [0, 0.05) is 23.2 Å². The lowest BCUT2D eigenvalue weighted by Crippen LogP contribution is -2.38. The fourth-order valence-corrected chi connectivity index (χ4v) is 4.43. The van der Waals surface area contributed by atoms with Crippen molar-refractivity contribution in [1.82, 2.24) is 24.9 Å². The third-order valence-electron chi connectivity index (χ3n) is 6.19. The van der Waals surface area contributed by atoms with Crippen LogP contribution in [0.5, 0.6) is 0 Å². The van der Waals surface area contributed by atoms with Gasteiger partial charge in [-0.05, 0) is 63.0 Å². The molecule has 5 rings (SSSR count). The lowest BCUT2D eigenvalue weighted by molar-refractivity contribution is 0.270. The van der Waals surface area contributed by atoms with Gasteiger partial charge in [-0.15, -0.1) is 0 Å². The van der Waals surface area contributed by atoms with Crippen LogP contribution in [0.15, 0.2) is 24.8 Å². The van der Waals surface area contributed by atoms with Gasteiger partial charge in [-0.1, -0.05) is 6.42 Å². The van der Waals surface area contributed by atoms with Crippen LogP contribution in [0, 0.1) is 5.92 Å². The Morgan fingerprint density at radius 2 is 2.04 bits per heavy atom. The summed E-state index contributed by atoms with van der Waals surface area (Å²) in [6, 6.07) is 2.94. The highest BCUT2D eigenvalue weighted by molar-refractivity contribution is 5.93. The SMILES string of the molecule is c1cc2c(ncn3ncc(C4CCC(CNC5CCC5)CC4)c23)[nH]1. The van der Waals surface area contributed by atoms with E-state index in [2.05, 4.69) is 32.6 Å². The molecule has 0 bridgehead atoms. The number of rotatable bonds is 4. The molecule has 3 aromatic heterocycles. The number of aromatic nitrogens is 4. The largest absolute Gasteiger partial charge is 0.346 e. The average Bonchev–Trinajstić information content (AvgIpc) is 3.20. The molecule has 2 saturated carbocycles. The summed E-state index contributed by atoms with van der Waals surface area (Å²) in [4.78, 5) is 7.65. The van der Waals surface area contributed by atoms with Gasteiger partial charge in [0.25, 0.3) is 0 Å². The van der Waals surface area contributed by atoms with Crippen LogP contribution in [0.4, 0.5) is 0 Å². The van der Waals surface area contributed by atoms with Gasteiger partial charge in [0.1, 0.15) is 12.0 Å². The van der Waals surface area contributed by atoms with E-state index >= 15 is 0 Å². The molecule has 0 atom stereocenters. The van der Waals surface area contributed by atoms with Crippen molar-refractivity contribution in [3.8, 4) is 0 Å². The molecule has 0 radical (unpaired) electrons. The second-order valence-electron chi connectivity index (χ2n) is 7.63. The smallest absolute Gasteiger partial charge is 0.141 e. The first-order valence-corrected chi connectivity index (χ1v) is 9.41. The number of hydrogen-bond acceptors (Lipinski definition) is 3. The Hall–Kier alpha value is -1.88. The summed E-state index contributed by atoms with van der Waals surface area (Å²) < 4.78 is 1.94. The molecular formula is C19H25N5. The number of nitrogens with zero attached hydrogens (tertiary/aromatic N) is 3. The molecule has 0 aromatic carbocycles. The quantitative estimate of drug-likeness (QED) is 0.771. The summed E-state index contributed by atoms with van der Waals surface area (Å²) in [5.74, 6) is 1.50. The van der Waals surface area contributed by atoms with Gasteiger partial charge in [-0.25, -0.2) is 9.50 Å². The molecule has 2 N–H and O–H groups in total. The highest BCUT2D eigenvalue weighted by atomic mass is 15.2. The van der Waals surface area contributed by atoms with Crippen LogP contribution < -0.4 is 5.32 Å². The predicted molar refractivity (Wildman–Crippen MR) is 95.2 cm³/mol. The van der Waals surface area contributed by atoms with Gasteiger partial charge < -0.3 is 10.3 Å². The second kappa shape index (κ2) is 5.88. The summed E-state index contributed by atoms with van der Waals surface area (Å²) in [6.07, 6.45) is 15.3.